The van der Waals surface area contributed by atoms with Crippen LogP contribution in [0.1, 0.15) is 33.1 Å². The van der Waals surface area contributed by atoms with E-state index in [-0.39, 0.29) is 10.7 Å². The fourth-order valence-electron chi connectivity index (χ4n) is 2.44. The van der Waals surface area contributed by atoms with Crippen molar-refractivity contribution in [2.45, 2.75) is 50.1 Å². The molecule has 0 spiro atoms. The Morgan fingerprint density at radius 3 is 2.58 bits per heavy atom. The lowest BCUT2D eigenvalue weighted by molar-refractivity contribution is -0.154. The zero-order valence-corrected chi connectivity index (χ0v) is 12.2. The number of hydrogen-bond acceptors (Lipinski definition) is 4. The Bertz CT molecular complexity index is 372. The molecule has 2 rings (SSSR count). The van der Waals surface area contributed by atoms with E-state index in [1.807, 2.05) is 16.7 Å². The van der Waals surface area contributed by atoms with Crippen LogP contribution in [-0.4, -0.2) is 57.7 Å². The van der Waals surface area contributed by atoms with Crippen molar-refractivity contribution in [3.8, 4) is 0 Å². The number of thioether (sulfide) groups is 1. The molecule has 0 aliphatic carbocycles. The molecule has 2 unspecified atom stereocenters. The van der Waals surface area contributed by atoms with E-state index < -0.39 is 18.2 Å². The lowest BCUT2D eigenvalue weighted by Crippen LogP contribution is -2.41. The molecule has 1 amide bonds. The molecule has 0 aromatic heterocycles. The number of amides is 1. The first kappa shape index (κ1) is 14.7. The molecule has 6 heteroatoms. The van der Waals surface area contributed by atoms with Crippen LogP contribution in [0.4, 0.5) is 0 Å². The Balaban J connectivity index is 1.92. The molecule has 5 nitrogen and oxygen atoms in total. The van der Waals surface area contributed by atoms with E-state index in [0.29, 0.717) is 12.8 Å². The summed E-state index contributed by atoms with van der Waals surface area (Å²) >= 11 is 1.88. The molecule has 2 atom stereocenters. The second-order valence-corrected chi connectivity index (χ2v) is 7.51. The summed E-state index contributed by atoms with van der Waals surface area (Å²) in [6.45, 7) is 5.84. The second kappa shape index (κ2) is 5.71. The molecule has 0 radical (unpaired) electrons. The quantitative estimate of drug-likeness (QED) is 0.830. The molecular formula is C13H21NO4S. The van der Waals surface area contributed by atoms with E-state index in [1.165, 1.54) is 0 Å². The van der Waals surface area contributed by atoms with Gasteiger partial charge in [0.05, 0.1) is 0 Å². The van der Waals surface area contributed by atoms with Crippen LogP contribution < -0.4 is 0 Å². The zero-order chi connectivity index (χ0) is 14.0. The van der Waals surface area contributed by atoms with E-state index in [9.17, 15) is 9.59 Å². The number of hydrogen-bond donors (Lipinski definition) is 1. The maximum absolute atomic E-state index is 12.3. The average Bonchev–Trinajstić information content (AvgIpc) is 2.75. The molecule has 2 aliphatic rings. The van der Waals surface area contributed by atoms with Crippen LogP contribution in [-0.2, 0) is 14.3 Å². The van der Waals surface area contributed by atoms with Gasteiger partial charge < -0.3 is 14.7 Å². The zero-order valence-electron chi connectivity index (χ0n) is 11.4. The Kier molecular flexibility index (Phi) is 4.40. The van der Waals surface area contributed by atoms with Gasteiger partial charge in [0.15, 0.2) is 6.10 Å². The van der Waals surface area contributed by atoms with Crippen molar-refractivity contribution in [1.82, 2.24) is 4.90 Å². The Hall–Kier alpha value is -0.750. The van der Waals surface area contributed by atoms with Crippen molar-refractivity contribution < 1.29 is 19.4 Å². The summed E-state index contributed by atoms with van der Waals surface area (Å²) in [6, 6.07) is 0. The van der Waals surface area contributed by atoms with Gasteiger partial charge in [0, 0.05) is 23.6 Å². The number of rotatable bonds is 2. The first-order valence-electron chi connectivity index (χ1n) is 6.70. The number of aliphatic carboxylic acids is 1. The third-order valence-corrected chi connectivity index (χ3v) is 5.09. The molecule has 0 saturated carbocycles. The summed E-state index contributed by atoms with van der Waals surface area (Å²) in [5.74, 6) is -0.0849. The van der Waals surface area contributed by atoms with Crippen LogP contribution in [0.5, 0.6) is 0 Å². The van der Waals surface area contributed by atoms with Gasteiger partial charge in [-0.1, -0.05) is 13.8 Å². The van der Waals surface area contributed by atoms with Crippen molar-refractivity contribution in [2.75, 3.05) is 18.8 Å². The van der Waals surface area contributed by atoms with Crippen molar-refractivity contribution >= 4 is 23.6 Å². The highest BCUT2D eigenvalue weighted by molar-refractivity contribution is 8.00. The fourth-order valence-corrected chi connectivity index (χ4v) is 3.54. The summed E-state index contributed by atoms with van der Waals surface area (Å²) in [7, 11) is 0. The van der Waals surface area contributed by atoms with Crippen LogP contribution in [0.2, 0.25) is 0 Å². The van der Waals surface area contributed by atoms with Crippen molar-refractivity contribution in [1.29, 1.82) is 0 Å². The molecule has 0 bridgehead atoms. The molecule has 0 aromatic carbocycles. The summed E-state index contributed by atoms with van der Waals surface area (Å²) in [4.78, 5) is 25.0. The maximum Gasteiger partial charge on any atom is 0.332 e. The number of nitrogens with zero attached hydrogens (tertiary/aromatic N) is 1. The Labute approximate surface area is 117 Å². The maximum atomic E-state index is 12.3. The first-order chi connectivity index (χ1) is 8.89. The van der Waals surface area contributed by atoms with Gasteiger partial charge in [-0.05, 0) is 19.3 Å². The SMILES string of the molecule is CC1(C)CCN(C(=O)C2CCC(C(=O)O)O2)CCS1. The van der Waals surface area contributed by atoms with E-state index in [2.05, 4.69) is 13.8 Å². The van der Waals surface area contributed by atoms with Gasteiger partial charge in [-0.25, -0.2) is 4.79 Å². The number of carboxylic acid groups (broad SMARTS) is 1. The topological polar surface area (TPSA) is 66.8 Å². The molecular weight excluding hydrogens is 266 g/mol. The smallest absolute Gasteiger partial charge is 0.332 e. The van der Waals surface area contributed by atoms with Crippen LogP contribution in [0, 0.1) is 0 Å². The van der Waals surface area contributed by atoms with Gasteiger partial charge in [-0.3, -0.25) is 4.79 Å². The van der Waals surface area contributed by atoms with Gasteiger partial charge >= 0.3 is 5.97 Å². The van der Waals surface area contributed by atoms with E-state index in [0.717, 1.165) is 25.3 Å². The summed E-state index contributed by atoms with van der Waals surface area (Å²) in [5, 5.41) is 8.88. The van der Waals surface area contributed by atoms with E-state index in [4.69, 9.17) is 9.84 Å². The third kappa shape index (κ3) is 3.63. The monoisotopic (exact) mass is 287 g/mol. The molecule has 108 valence electrons. The summed E-state index contributed by atoms with van der Waals surface area (Å²) < 4.78 is 5.54. The summed E-state index contributed by atoms with van der Waals surface area (Å²) in [6.07, 6.45) is 0.528. The number of ether oxygens (including phenoxy) is 1. The van der Waals surface area contributed by atoms with Gasteiger partial charge in [-0.2, -0.15) is 11.8 Å². The standard InChI is InChI=1S/C13H21NO4S/c1-13(2)5-6-14(7-8-19-13)11(15)9-3-4-10(18-9)12(16)17/h9-10H,3-8H2,1-2H3,(H,16,17). The summed E-state index contributed by atoms with van der Waals surface area (Å²) in [5.41, 5.74) is 0. The molecule has 2 fully saturated rings. The predicted molar refractivity (Wildman–Crippen MR) is 73.3 cm³/mol. The highest BCUT2D eigenvalue weighted by atomic mass is 32.2. The van der Waals surface area contributed by atoms with E-state index in [1.54, 1.807) is 0 Å². The van der Waals surface area contributed by atoms with Gasteiger partial charge in [0.1, 0.15) is 6.10 Å². The highest BCUT2D eigenvalue weighted by Gasteiger charge is 2.37. The minimum absolute atomic E-state index is 0.0398. The Morgan fingerprint density at radius 1 is 1.26 bits per heavy atom. The van der Waals surface area contributed by atoms with Crippen molar-refractivity contribution in [3.63, 3.8) is 0 Å². The van der Waals surface area contributed by atoms with Crippen LogP contribution in [0.25, 0.3) is 0 Å². The first-order valence-corrected chi connectivity index (χ1v) is 7.69. The lowest BCUT2D eigenvalue weighted by Gasteiger charge is -2.24. The Morgan fingerprint density at radius 2 is 1.95 bits per heavy atom. The molecule has 2 saturated heterocycles. The number of carbonyl (C=O) groups excluding carboxylic acids is 1. The molecule has 2 aliphatic heterocycles. The number of carbonyl (C=O) groups is 2. The predicted octanol–water partition coefficient (Wildman–Crippen LogP) is 1.36. The van der Waals surface area contributed by atoms with Crippen molar-refractivity contribution in [2.24, 2.45) is 0 Å². The van der Waals surface area contributed by atoms with Gasteiger partial charge in [0.2, 0.25) is 0 Å². The van der Waals surface area contributed by atoms with Crippen molar-refractivity contribution in [3.05, 3.63) is 0 Å². The third-order valence-electron chi connectivity index (χ3n) is 3.72. The van der Waals surface area contributed by atoms with Gasteiger partial charge in [0.25, 0.3) is 5.91 Å². The fraction of sp³-hybridized carbons (Fsp3) is 0.846. The number of carboxylic acids is 1. The minimum atomic E-state index is -0.970. The highest BCUT2D eigenvalue weighted by Crippen LogP contribution is 2.31. The van der Waals surface area contributed by atoms with Crippen LogP contribution in [0.3, 0.4) is 0 Å². The van der Waals surface area contributed by atoms with E-state index >= 15 is 0 Å². The van der Waals surface area contributed by atoms with Crippen LogP contribution >= 0.6 is 11.8 Å². The molecule has 1 N–H and O–H groups in total. The average molecular weight is 287 g/mol. The molecule has 0 aromatic rings. The normalized spacial score (nSPS) is 30.9. The van der Waals surface area contributed by atoms with Gasteiger partial charge in [-0.15, -0.1) is 0 Å². The lowest BCUT2D eigenvalue weighted by atomic mass is 10.1. The largest absolute Gasteiger partial charge is 0.479 e. The molecule has 2 heterocycles. The second-order valence-electron chi connectivity index (χ2n) is 5.71. The van der Waals surface area contributed by atoms with Crippen LogP contribution in [0.15, 0.2) is 0 Å². The molecule has 19 heavy (non-hydrogen) atoms. The minimum Gasteiger partial charge on any atom is -0.479 e.